The molecule has 2 atom stereocenters. The van der Waals surface area contributed by atoms with E-state index in [2.05, 4.69) is 5.32 Å². The van der Waals surface area contributed by atoms with E-state index in [1.165, 1.54) is 50.0 Å². The molecule has 6 N–H and O–H groups in total. The molecule has 3 aromatic rings. The molecule has 0 bridgehead atoms. The average Bonchev–Trinajstić information content (AvgIpc) is 3.43. The Kier molecular flexibility index (Phi) is 10.0. The molecule has 10 nitrogen and oxygen atoms in total. The van der Waals surface area contributed by atoms with E-state index in [0.717, 1.165) is 6.42 Å². The minimum Gasteiger partial charge on any atom is -0.497 e. The number of sulfone groups is 1. The summed E-state index contributed by atoms with van der Waals surface area (Å²) in [5, 5.41) is 14.9. The van der Waals surface area contributed by atoms with Gasteiger partial charge in [-0.1, -0.05) is 44.2 Å². The van der Waals surface area contributed by atoms with Gasteiger partial charge in [0.2, 0.25) is 14.8 Å². The first-order valence-corrected chi connectivity index (χ1v) is 14.5. The number of furan rings is 1. The molecule has 1 aromatic heterocycles. The van der Waals surface area contributed by atoms with Gasteiger partial charge >= 0.3 is 6.09 Å². The first-order chi connectivity index (χ1) is 18.9. The molecule has 11 heteroatoms. The second-order valence-corrected chi connectivity index (χ2v) is 12.8. The number of nitrogens with one attached hydrogen (secondary N) is 1. The van der Waals surface area contributed by atoms with Gasteiger partial charge in [-0.3, -0.25) is 5.32 Å². The molecule has 2 aromatic carbocycles. The zero-order chi connectivity index (χ0) is 29.4. The van der Waals surface area contributed by atoms with E-state index in [1.807, 2.05) is 13.8 Å². The molecule has 1 heterocycles. The Morgan fingerprint density at radius 1 is 1.00 bits per heavy atom. The summed E-state index contributed by atoms with van der Waals surface area (Å²) < 4.78 is 44.0. The Labute approximate surface area is 235 Å². The Bertz CT molecular complexity index is 1330. The number of rotatable bonds is 14. The van der Waals surface area contributed by atoms with Crippen LogP contribution >= 0.6 is 0 Å². The molecule has 0 fully saturated rings. The zero-order valence-corrected chi connectivity index (χ0v) is 23.9. The van der Waals surface area contributed by atoms with Crippen LogP contribution in [0.2, 0.25) is 0 Å². The lowest BCUT2D eigenvalue weighted by Gasteiger charge is -2.45. The summed E-state index contributed by atoms with van der Waals surface area (Å²) in [4.78, 5) is 10.2. The van der Waals surface area contributed by atoms with Crippen LogP contribution in [0.15, 0.2) is 82.5 Å². The minimum absolute atomic E-state index is 0.0871. The summed E-state index contributed by atoms with van der Waals surface area (Å²) in [5.41, 5.74) is 10.5. The first kappa shape index (κ1) is 31.2. The summed E-state index contributed by atoms with van der Waals surface area (Å²) in [6.07, 6.45) is 2.66. The number of nitrogens with two attached hydrogens (primary N) is 2. The number of carbonyl (C=O) groups excluding carboxylic acids is 1. The normalized spacial score (nSPS) is 15.1. The largest absolute Gasteiger partial charge is 0.497 e. The lowest BCUT2D eigenvalue weighted by molar-refractivity contribution is 0.00578. The second-order valence-electron chi connectivity index (χ2n) is 10.6. The Balaban J connectivity index is 2.13. The van der Waals surface area contributed by atoms with E-state index in [-0.39, 0.29) is 35.3 Å². The van der Waals surface area contributed by atoms with Crippen molar-refractivity contribution in [3.8, 4) is 11.5 Å². The zero-order valence-electron chi connectivity index (χ0n) is 23.1. The highest BCUT2D eigenvalue weighted by molar-refractivity contribution is 7.92. The Hall–Kier alpha value is -3.38. The standard InChI is InChI=1S/C29H39N3O7S/c1-27(2,15-7-18-30)16-17-29(34,40(35,36)25-12-10-23(37-3)11-13-25)28(31,20-22-8-5-4-6-9-22)32-26(33)39-24-14-19-38-21-24/h4-6,8-14,19,21,34H,7,15-18,20,30-31H2,1-3H3,(H,32,33)/t28-,29+/m0/s1. The van der Waals surface area contributed by atoms with Crippen LogP contribution < -0.4 is 26.3 Å². The van der Waals surface area contributed by atoms with Crippen LogP contribution in [0.5, 0.6) is 11.5 Å². The molecule has 0 radical (unpaired) electrons. The predicted molar refractivity (Wildman–Crippen MR) is 151 cm³/mol. The average molecular weight is 574 g/mol. The number of hydrogen-bond acceptors (Lipinski definition) is 9. The van der Waals surface area contributed by atoms with Gasteiger partial charge in [0, 0.05) is 12.5 Å². The summed E-state index contributed by atoms with van der Waals surface area (Å²) in [6, 6.07) is 15.8. The van der Waals surface area contributed by atoms with Crippen LogP contribution in [0.25, 0.3) is 0 Å². The molecule has 218 valence electrons. The van der Waals surface area contributed by atoms with E-state index < -0.39 is 26.5 Å². The molecule has 1 amide bonds. The fourth-order valence-corrected chi connectivity index (χ4v) is 6.44. The predicted octanol–water partition coefficient (Wildman–Crippen LogP) is 3.98. The quantitative estimate of drug-likeness (QED) is 0.209. The Morgan fingerprint density at radius 2 is 1.68 bits per heavy atom. The monoisotopic (exact) mass is 573 g/mol. The number of hydrogen-bond donors (Lipinski definition) is 4. The van der Waals surface area contributed by atoms with Crippen LogP contribution in [0.3, 0.4) is 0 Å². The molecule has 0 aliphatic carbocycles. The highest BCUT2D eigenvalue weighted by atomic mass is 32.2. The molecule has 0 saturated carbocycles. The van der Waals surface area contributed by atoms with Gasteiger partial charge in [-0.25, -0.2) is 13.2 Å². The maximum Gasteiger partial charge on any atom is 0.414 e. The van der Waals surface area contributed by atoms with E-state index in [4.69, 9.17) is 25.4 Å². The lowest BCUT2D eigenvalue weighted by atomic mass is 9.80. The number of ether oxygens (including phenoxy) is 2. The molecule has 0 aliphatic rings. The topological polar surface area (TPSA) is 167 Å². The third kappa shape index (κ3) is 7.22. The number of carbonyl (C=O) groups is 1. The summed E-state index contributed by atoms with van der Waals surface area (Å²) in [7, 11) is -3.13. The van der Waals surface area contributed by atoms with Crippen molar-refractivity contribution >= 4 is 15.9 Å². The molecule has 40 heavy (non-hydrogen) atoms. The molecule has 0 unspecified atom stereocenters. The van der Waals surface area contributed by atoms with Gasteiger partial charge in [0.25, 0.3) is 0 Å². The fraction of sp³-hybridized carbons (Fsp3) is 0.414. The Morgan fingerprint density at radius 3 is 2.25 bits per heavy atom. The van der Waals surface area contributed by atoms with Crippen molar-refractivity contribution in [1.82, 2.24) is 5.32 Å². The van der Waals surface area contributed by atoms with E-state index in [0.29, 0.717) is 24.3 Å². The van der Waals surface area contributed by atoms with Crippen LogP contribution in [0.1, 0.15) is 45.1 Å². The highest BCUT2D eigenvalue weighted by Crippen LogP contribution is 2.41. The van der Waals surface area contributed by atoms with E-state index >= 15 is 0 Å². The van der Waals surface area contributed by atoms with Gasteiger partial charge in [0.15, 0.2) is 5.75 Å². The van der Waals surface area contributed by atoms with Crippen molar-refractivity contribution in [3.05, 3.63) is 78.8 Å². The number of benzene rings is 2. The first-order valence-electron chi connectivity index (χ1n) is 13.0. The van der Waals surface area contributed by atoms with Gasteiger partial charge in [-0.2, -0.15) is 0 Å². The van der Waals surface area contributed by atoms with Gasteiger partial charge < -0.3 is 30.5 Å². The van der Waals surface area contributed by atoms with Crippen molar-refractivity contribution in [1.29, 1.82) is 0 Å². The molecule has 0 spiro atoms. The summed E-state index contributed by atoms with van der Waals surface area (Å²) in [5.74, 6) is 0.527. The maximum absolute atomic E-state index is 14.3. The van der Waals surface area contributed by atoms with E-state index in [1.54, 1.807) is 30.3 Å². The van der Waals surface area contributed by atoms with Crippen molar-refractivity contribution in [2.45, 2.75) is 61.4 Å². The van der Waals surface area contributed by atoms with Crippen molar-refractivity contribution < 1.29 is 32.2 Å². The second kappa shape index (κ2) is 12.9. The van der Waals surface area contributed by atoms with Crippen LogP contribution in [0, 0.1) is 5.41 Å². The van der Waals surface area contributed by atoms with E-state index in [9.17, 15) is 18.3 Å². The minimum atomic E-state index is -4.59. The van der Waals surface area contributed by atoms with Gasteiger partial charge in [0.05, 0.1) is 18.3 Å². The fourth-order valence-electron chi connectivity index (χ4n) is 4.58. The summed E-state index contributed by atoms with van der Waals surface area (Å²) >= 11 is 0. The lowest BCUT2D eigenvalue weighted by Crippen LogP contribution is -2.74. The number of methoxy groups -OCH3 is 1. The van der Waals surface area contributed by atoms with Gasteiger partial charge in [0.1, 0.15) is 17.7 Å². The molecule has 0 saturated heterocycles. The van der Waals surface area contributed by atoms with Crippen molar-refractivity contribution in [2.75, 3.05) is 13.7 Å². The number of amides is 1. The molecule has 0 aliphatic heterocycles. The maximum atomic E-state index is 14.3. The van der Waals surface area contributed by atoms with Gasteiger partial charge in [-0.05, 0) is 67.5 Å². The van der Waals surface area contributed by atoms with Crippen LogP contribution in [-0.2, 0) is 16.3 Å². The molecule has 3 rings (SSSR count). The molecular weight excluding hydrogens is 534 g/mol. The van der Waals surface area contributed by atoms with Crippen molar-refractivity contribution in [3.63, 3.8) is 0 Å². The smallest absolute Gasteiger partial charge is 0.414 e. The van der Waals surface area contributed by atoms with Gasteiger partial charge in [-0.15, -0.1) is 0 Å². The van der Waals surface area contributed by atoms with Crippen LogP contribution in [-0.4, -0.2) is 43.9 Å². The highest BCUT2D eigenvalue weighted by Gasteiger charge is 2.59. The SMILES string of the molecule is COc1ccc(S(=O)(=O)[C@](O)(CCC(C)(C)CCCN)[C@](N)(Cc2ccccc2)NC(=O)Oc2ccoc2)cc1. The van der Waals surface area contributed by atoms with Crippen molar-refractivity contribution in [2.24, 2.45) is 16.9 Å². The molecular formula is C29H39N3O7S. The number of aliphatic hydroxyl groups is 1. The van der Waals surface area contributed by atoms with Crippen LogP contribution in [0.4, 0.5) is 4.79 Å². The third-order valence-electron chi connectivity index (χ3n) is 7.07. The summed E-state index contributed by atoms with van der Waals surface area (Å²) in [6.45, 7) is 4.42. The third-order valence-corrected chi connectivity index (χ3v) is 9.42.